The summed E-state index contributed by atoms with van der Waals surface area (Å²) in [7, 11) is 0. The maximum absolute atomic E-state index is 12.3. The number of carbonyl (C=O) groups excluding carboxylic acids is 2. The molecule has 1 saturated heterocycles. The van der Waals surface area contributed by atoms with Gasteiger partial charge in [0.05, 0.1) is 19.0 Å². The van der Waals surface area contributed by atoms with E-state index in [1.807, 2.05) is 18.2 Å². The van der Waals surface area contributed by atoms with Crippen molar-refractivity contribution in [2.24, 2.45) is 0 Å². The summed E-state index contributed by atoms with van der Waals surface area (Å²) < 4.78 is 11.7. The van der Waals surface area contributed by atoms with Gasteiger partial charge in [-0.15, -0.1) is 0 Å². The van der Waals surface area contributed by atoms with E-state index in [0.717, 1.165) is 29.1 Å². The maximum atomic E-state index is 12.3. The molecule has 0 bridgehead atoms. The van der Waals surface area contributed by atoms with Crippen molar-refractivity contribution < 1.29 is 19.1 Å². The van der Waals surface area contributed by atoms with Gasteiger partial charge in [0.1, 0.15) is 17.0 Å². The van der Waals surface area contributed by atoms with Crippen molar-refractivity contribution in [1.82, 2.24) is 15.3 Å². The summed E-state index contributed by atoms with van der Waals surface area (Å²) in [4.78, 5) is 33.8. The molecule has 8 nitrogen and oxygen atoms in total. The van der Waals surface area contributed by atoms with Crippen LogP contribution in [-0.4, -0.2) is 34.1 Å². The molecule has 1 aliphatic carbocycles. The number of rotatable bonds is 3. The molecule has 1 spiro atoms. The maximum Gasteiger partial charge on any atom is 0.330 e. The Kier molecular flexibility index (Phi) is 3.08. The standard InChI is InChI=1S/C19H18N4O4/c1-18(2)16(24)23(17(25)22-18)13-8-21-14(9-20-13)27-12-5-3-4-11-15(12)19(6-7-19)10-26-11/h3-5,8-9H,6-7,10H2,1-2H3,(H,22,25). The third-order valence-electron chi connectivity index (χ3n) is 5.29. The zero-order chi connectivity index (χ0) is 18.8. The van der Waals surface area contributed by atoms with Crippen LogP contribution in [0.1, 0.15) is 32.3 Å². The molecule has 2 aromatic rings. The fourth-order valence-corrected chi connectivity index (χ4v) is 3.62. The third kappa shape index (κ3) is 2.36. The number of amides is 3. The number of ether oxygens (including phenoxy) is 2. The minimum Gasteiger partial charge on any atom is -0.492 e. The van der Waals surface area contributed by atoms with Crippen molar-refractivity contribution in [2.75, 3.05) is 11.5 Å². The highest BCUT2D eigenvalue weighted by Gasteiger charge is 2.52. The average Bonchev–Trinajstić information content (AvgIpc) is 3.26. The van der Waals surface area contributed by atoms with Crippen LogP contribution in [0.4, 0.5) is 10.6 Å². The second kappa shape index (κ2) is 5.18. The summed E-state index contributed by atoms with van der Waals surface area (Å²) in [6.45, 7) is 3.98. The topological polar surface area (TPSA) is 93.7 Å². The van der Waals surface area contributed by atoms with E-state index >= 15 is 0 Å². The zero-order valence-corrected chi connectivity index (χ0v) is 15.0. The quantitative estimate of drug-likeness (QED) is 0.839. The summed E-state index contributed by atoms with van der Waals surface area (Å²) >= 11 is 0. The molecule has 3 aliphatic rings. The summed E-state index contributed by atoms with van der Waals surface area (Å²) in [5.74, 6) is 1.65. The molecular formula is C19H18N4O4. The van der Waals surface area contributed by atoms with Crippen LogP contribution in [0.25, 0.3) is 0 Å². The average molecular weight is 366 g/mol. The minimum atomic E-state index is -0.961. The van der Waals surface area contributed by atoms with Gasteiger partial charge in [-0.3, -0.25) is 4.79 Å². The summed E-state index contributed by atoms with van der Waals surface area (Å²) in [5.41, 5.74) is 0.203. The SMILES string of the molecule is CC1(C)NC(=O)N(c2cnc(Oc3cccc4c3C3(CC3)CO4)cn2)C1=O. The number of benzene rings is 1. The van der Waals surface area contributed by atoms with Crippen molar-refractivity contribution in [2.45, 2.75) is 37.6 Å². The summed E-state index contributed by atoms with van der Waals surface area (Å²) in [5, 5.41) is 2.61. The van der Waals surface area contributed by atoms with E-state index in [1.54, 1.807) is 13.8 Å². The Morgan fingerprint density at radius 2 is 2.00 bits per heavy atom. The lowest BCUT2D eigenvalue weighted by Crippen LogP contribution is -2.40. The lowest BCUT2D eigenvalue weighted by molar-refractivity contribution is -0.121. The van der Waals surface area contributed by atoms with Gasteiger partial charge in [-0.05, 0) is 38.8 Å². The van der Waals surface area contributed by atoms with Crippen LogP contribution in [0.15, 0.2) is 30.6 Å². The Hall–Kier alpha value is -3.16. The number of hydrogen-bond donors (Lipinski definition) is 1. The van der Waals surface area contributed by atoms with Crippen molar-refractivity contribution in [3.05, 3.63) is 36.2 Å². The van der Waals surface area contributed by atoms with Gasteiger partial charge in [-0.2, -0.15) is 0 Å². The third-order valence-corrected chi connectivity index (χ3v) is 5.29. The van der Waals surface area contributed by atoms with Crippen LogP contribution in [0.2, 0.25) is 0 Å². The van der Waals surface area contributed by atoms with Crippen molar-refractivity contribution >= 4 is 17.8 Å². The van der Waals surface area contributed by atoms with E-state index in [-0.39, 0.29) is 17.1 Å². The van der Waals surface area contributed by atoms with Gasteiger partial charge in [-0.1, -0.05) is 6.07 Å². The Labute approximate surface area is 155 Å². The number of nitrogens with one attached hydrogen (secondary N) is 1. The number of fused-ring (bicyclic) bond motifs is 2. The number of aromatic nitrogens is 2. The number of anilines is 1. The molecule has 138 valence electrons. The largest absolute Gasteiger partial charge is 0.492 e. The number of imide groups is 1. The normalized spacial score (nSPS) is 21.0. The molecule has 2 aliphatic heterocycles. The van der Waals surface area contributed by atoms with Crippen molar-refractivity contribution in [3.63, 3.8) is 0 Å². The molecule has 5 rings (SSSR count). The molecule has 1 aromatic carbocycles. The highest BCUT2D eigenvalue weighted by molar-refractivity contribution is 6.22. The Bertz CT molecular complexity index is 966. The van der Waals surface area contributed by atoms with Gasteiger partial charge in [0, 0.05) is 11.0 Å². The molecule has 8 heteroatoms. The highest BCUT2D eigenvalue weighted by Crippen LogP contribution is 2.58. The zero-order valence-electron chi connectivity index (χ0n) is 15.0. The fourth-order valence-electron chi connectivity index (χ4n) is 3.62. The predicted octanol–water partition coefficient (Wildman–Crippen LogP) is 2.53. The van der Waals surface area contributed by atoms with Gasteiger partial charge in [0.25, 0.3) is 5.91 Å². The summed E-state index contributed by atoms with van der Waals surface area (Å²) in [6, 6.07) is 5.21. The Morgan fingerprint density at radius 3 is 2.63 bits per heavy atom. The number of nitrogens with zero attached hydrogens (tertiary/aromatic N) is 3. The molecule has 3 amide bonds. The smallest absolute Gasteiger partial charge is 0.330 e. The van der Waals surface area contributed by atoms with Gasteiger partial charge in [-0.25, -0.2) is 19.7 Å². The first-order chi connectivity index (χ1) is 12.9. The molecule has 1 saturated carbocycles. The van der Waals surface area contributed by atoms with Gasteiger partial charge in [0.2, 0.25) is 5.88 Å². The molecular weight excluding hydrogens is 348 g/mol. The second-order valence-corrected chi connectivity index (χ2v) is 7.71. The van der Waals surface area contributed by atoms with Crippen LogP contribution in [0.3, 0.4) is 0 Å². The van der Waals surface area contributed by atoms with E-state index in [2.05, 4.69) is 15.3 Å². The van der Waals surface area contributed by atoms with Crippen LogP contribution in [0.5, 0.6) is 17.4 Å². The van der Waals surface area contributed by atoms with E-state index in [4.69, 9.17) is 9.47 Å². The van der Waals surface area contributed by atoms with Crippen LogP contribution >= 0.6 is 0 Å². The van der Waals surface area contributed by atoms with Crippen LogP contribution in [-0.2, 0) is 10.2 Å². The van der Waals surface area contributed by atoms with Crippen molar-refractivity contribution in [1.29, 1.82) is 0 Å². The molecule has 1 aromatic heterocycles. The monoisotopic (exact) mass is 366 g/mol. The van der Waals surface area contributed by atoms with Gasteiger partial charge < -0.3 is 14.8 Å². The van der Waals surface area contributed by atoms with Gasteiger partial charge in [0.15, 0.2) is 5.82 Å². The van der Waals surface area contributed by atoms with E-state index in [1.165, 1.54) is 12.4 Å². The lowest BCUT2D eigenvalue weighted by atomic mass is 9.97. The number of urea groups is 1. The molecule has 3 heterocycles. The molecule has 0 atom stereocenters. The van der Waals surface area contributed by atoms with E-state index < -0.39 is 11.6 Å². The summed E-state index contributed by atoms with van der Waals surface area (Å²) in [6.07, 6.45) is 4.96. The molecule has 2 fully saturated rings. The first kappa shape index (κ1) is 16.0. The molecule has 1 N–H and O–H groups in total. The Morgan fingerprint density at radius 1 is 1.19 bits per heavy atom. The highest BCUT2D eigenvalue weighted by atomic mass is 16.5. The number of carbonyl (C=O) groups is 2. The van der Waals surface area contributed by atoms with Gasteiger partial charge >= 0.3 is 6.03 Å². The predicted molar refractivity (Wildman–Crippen MR) is 95.1 cm³/mol. The van der Waals surface area contributed by atoms with Crippen molar-refractivity contribution in [3.8, 4) is 17.4 Å². The van der Waals surface area contributed by atoms with Crippen LogP contribution in [0, 0.1) is 0 Å². The first-order valence-corrected chi connectivity index (χ1v) is 8.83. The van der Waals surface area contributed by atoms with E-state index in [9.17, 15) is 9.59 Å². The first-order valence-electron chi connectivity index (χ1n) is 8.83. The Balaban J connectivity index is 1.41. The van der Waals surface area contributed by atoms with E-state index in [0.29, 0.717) is 18.2 Å². The lowest BCUT2D eigenvalue weighted by Gasteiger charge is -2.15. The van der Waals surface area contributed by atoms with Crippen LogP contribution < -0.4 is 19.7 Å². The molecule has 27 heavy (non-hydrogen) atoms. The molecule has 0 unspecified atom stereocenters. The fraction of sp³-hybridized carbons (Fsp3) is 0.368. The molecule has 0 radical (unpaired) electrons. The second-order valence-electron chi connectivity index (χ2n) is 7.71. The number of hydrogen-bond acceptors (Lipinski definition) is 6. The minimum absolute atomic E-state index is 0.0743.